The van der Waals surface area contributed by atoms with Crippen LogP contribution in [0.15, 0.2) is 44.9 Å². The number of ether oxygens (including phenoxy) is 1. The van der Waals surface area contributed by atoms with Crippen LogP contribution in [0.3, 0.4) is 0 Å². The lowest BCUT2D eigenvalue weighted by atomic mass is 10.1. The van der Waals surface area contributed by atoms with Gasteiger partial charge >= 0.3 is 11.7 Å². The second-order valence-electron chi connectivity index (χ2n) is 5.22. The molecule has 0 aliphatic heterocycles. The van der Waals surface area contributed by atoms with E-state index in [-0.39, 0.29) is 12.1 Å². The summed E-state index contributed by atoms with van der Waals surface area (Å²) in [7, 11) is -0.444. The van der Waals surface area contributed by atoms with Crippen molar-refractivity contribution in [1.82, 2.24) is 13.9 Å². The lowest BCUT2D eigenvalue weighted by Gasteiger charge is -2.11. The Labute approximate surface area is 143 Å². The van der Waals surface area contributed by atoms with E-state index >= 15 is 0 Å². The Morgan fingerprint density at radius 3 is 2.48 bits per heavy atom. The second-order valence-corrected chi connectivity index (χ2v) is 6.96. The van der Waals surface area contributed by atoms with Gasteiger partial charge in [-0.05, 0) is 11.6 Å². The Balaban J connectivity index is 2.38. The molecule has 2 rings (SSSR count). The van der Waals surface area contributed by atoms with E-state index in [1.807, 2.05) is 0 Å². The minimum absolute atomic E-state index is 0.209. The van der Waals surface area contributed by atoms with Crippen LogP contribution in [0.2, 0.25) is 0 Å². The van der Waals surface area contributed by atoms with Gasteiger partial charge in [0.05, 0.1) is 12.7 Å². The zero-order chi connectivity index (χ0) is 18.8. The van der Waals surface area contributed by atoms with Crippen molar-refractivity contribution in [2.45, 2.75) is 11.4 Å². The molecule has 0 saturated carbocycles. The maximum absolute atomic E-state index is 12.4. The quantitative estimate of drug-likeness (QED) is 0.702. The van der Waals surface area contributed by atoms with E-state index in [1.165, 1.54) is 27.3 Å². The number of hydrogen-bond donors (Lipinski definition) is 1. The van der Waals surface area contributed by atoms with E-state index in [1.54, 1.807) is 18.2 Å². The van der Waals surface area contributed by atoms with Gasteiger partial charge in [-0.1, -0.05) is 18.2 Å². The minimum atomic E-state index is -4.20. The van der Waals surface area contributed by atoms with Crippen LogP contribution in [-0.2, 0) is 35.4 Å². The average Bonchev–Trinajstić information content (AvgIpc) is 2.60. The van der Waals surface area contributed by atoms with Gasteiger partial charge in [-0.15, -0.1) is 0 Å². The lowest BCUT2D eigenvalue weighted by molar-refractivity contribution is 0.0599. The number of benzene rings is 1. The Morgan fingerprint density at radius 2 is 1.84 bits per heavy atom. The molecule has 9 nitrogen and oxygen atoms in total. The smallest absolute Gasteiger partial charge is 0.338 e. The summed E-state index contributed by atoms with van der Waals surface area (Å²) in [6, 6.07) is 6.32. The highest BCUT2D eigenvalue weighted by molar-refractivity contribution is 7.89. The zero-order valence-corrected chi connectivity index (χ0v) is 14.7. The molecule has 25 heavy (non-hydrogen) atoms. The van der Waals surface area contributed by atoms with Crippen LogP contribution in [0.5, 0.6) is 0 Å². The third-order valence-corrected chi connectivity index (χ3v) is 4.96. The van der Waals surface area contributed by atoms with Crippen LogP contribution in [0.1, 0.15) is 15.9 Å². The highest BCUT2D eigenvalue weighted by atomic mass is 32.2. The van der Waals surface area contributed by atoms with Gasteiger partial charge in [-0.25, -0.2) is 22.7 Å². The van der Waals surface area contributed by atoms with Gasteiger partial charge in [0.25, 0.3) is 5.56 Å². The fourth-order valence-corrected chi connectivity index (χ4v) is 3.36. The normalized spacial score (nSPS) is 11.3. The summed E-state index contributed by atoms with van der Waals surface area (Å²) < 4.78 is 33.5. The van der Waals surface area contributed by atoms with Crippen molar-refractivity contribution in [3.05, 3.63) is 62.4 Å². The van der Waals surface area contributed by atoms with Gasteiger partial charge in [0.15, 0.2) is 4.90 Å². The van der Waals surface area contributed by atoms with Gasteiger partial charge in [0.2, 0.25) is 10.0 Å². The molecule has 0 spiro atoms. The summed E-state index contributed by atoms with van der Waals surface area (Å²) in [6.45, 7) is -0.223. The number of hydrogen-bond acceptors (Lipinski definition) is 6. The van der Waals surface area contributed by atoms with Crippen molar-refractivity contribution in [3.8, 4) is 0 Å². The first-order valence-corrected chi connectivity index (χ1v) is 8.60. The summed E-state index contributed by atoms with van der Waals surface area (Å²) in [6.07, 6.45) is 0.958. The fourth-order valence-electron chi connectivity index (χ4n) is 2.19. The molecule has 0 unspecified atom stereocenters. The monoisotopic (exact) mass is 367 g/mol. The molecule has 1 N–H and O–H groups in total. The van der Waals surface area contributed by atoms with Crippen LogP contribution in [0, 0.1) is 0 Å². The molecule has 0 amide bonds. The highest BCUT2D eigenvalue weighted by Gasteiger charge is 2.22. The number of methoxy groups -OCH3 is 1. The van der Waals surface area contributed by atoms with Crippen molar-refractivity contribution >= 4 is 16.0 Å². The van der Waals surface area contributed by atoms with Crippen LogP contribution >= 0.6 is 0 Å². The molecule has 0 fully saturated rings. The van der Waals surface area contributed by atoms with Gasteiger partial charge < -0.3 is 9.30 Å². The molecule has 1 aromatic carbocycles. The van der Waals surface area contributed by atoms with E-state index in [4.69, 9.17) is 0 Å². The number of sulfonamides is 1. The Hall–Kier alpha value is -2.72. The van der Waals surface area contributed by atoms with Crippen molar-refractivity contribution in [2.75, 3.05) is 7.11 Å². The number of nitrogens with one attached hydrogen (secondary N) is 1. The van der Waals surface area contributed by atoms with E-state index in [0.29, 0.717) is 10.1 Å². The predicted octanol–water partition coefficient (Wildman–Crippen LogP) is -0.651. The molecule has 0 saturated heterocycles. The number of carbonyl (C=O) groups excluding carboxylic acids is 1. The van der Waals surface area contributed by atoms with Crippen molar-refractivity contribution in [3.63, 3.8) is 0 Å². The topological polar surface area (TPSA) is 116 Å². The number of esters is 1. The molecule has 0 atom stereocenters. The molecule has 0 aliphatic carbocycles. The maximum Gasteiger partial charge on any atom is 0.338 e. The zero-order valence-electron chi connectivity index (χ0n) is 13.8. The largest absolute Gasteiger partial charge is 0.465 e. The minimum Gasteiger partial charge on any atom is -0.465 e. The maximum atomic E-state index is 12.4. The van der Waals surface area contributed by atoms with Crippen LogP contribution in [0.4, 0.5) is 0 Å². The van der Waals surface area contributed by atoms with Crippen LogP contribution in [0.25, 0.3) is 0 Å². The predicted molar refractivity (Wildman–Crippen MR) is 88.7 cm³/mol. The Kier molecular flexibility index (Phi) is 5.24. The first kappa shape index (κ1) is 18.6. The van der Waals surface area contributed by atoms with Gasteiger partial charge in [0.1, 0.15) is 0 Å². The summed E-state index contributed by atoms with van der Waals surface area (Å²) >= 11 is 0. The number of carbonyl (C=O) groups is 1. The summed E-state index contributed by atoms with van der Waals surface area (Å²) in [4.78, 5) is 34.9. The molecule has 0 bridgehead atoms. The van der Waals surface area contributed by atoms with E-state index in [0.717, 1.165) is 10.8 Å². The third kappa shape index (κ3) is 3.69. The molecule has 10 heteroatoms. The van der Waals surface area contributed by atoms with Gasteiger partial charge in [-0.2, -0.15) is 0 Å². The molecule has 0 radical (unpaired) electrons. The molecule has 0 aliphatic rings. The molecule has 2 aromatic rings. The number of nitrogens with zero attached hydrogens (tertiary/aromatic N) is 2. The molecule has 1 heterocycles. The van der Waals surface area contributed by atoms with Gasteiger partial charge in [0, 0.05) is 26.8 Å². The standard InChI is InChI=1S/C15H17N3O6S/c1-17-9-12(13(19)18(2)15(17)21)25(22,23)16-8-10-6-4-5-7-11(10)14(20)24-3/h4-7,9,16H,8H2,1-3H3. The third-order valence-electron chi connectivity index (χ3n) is 3.58. The SMILES string of the molecule is COC(=O)c1ccccc1CNS(=O)(=O)c1cn(C)c(=O)n(C)c1=O. The number of aryl methyl sites for hydroxylation is 1. The summed E-state index contributed by atoms with van der Waals surface area (Å²) in [5, 5.41) is 0. The fraction of sp³-hybridized carbons (Fsp3) is 0.267. The summed E-state index contributed by atoms with van der Waals surface area (Å²) in [5.74, 6) is -0.604. The van der Waals surface area contributed by atoms with E-state index in [9.17, 15) is 22.8 Å². The van der Waals surface area contributed by atoms with Crippen LogP contribution < -0.4 is 16.0 Å². The van der Waals surface area contributed by atoms with E-state index in [2.05, 4.69) is 9.46 Å². The first-order chi connectivity index (χ1) is 11.7. The molecular weight excluding hydrogens is 350 g/mol. The second kappa shape index (κ2) is 7.03. The summed E-state index contributed by atoms with van der Waals surface area (Å²) in [5.41, 5.74) is -0.975. The lowest BCUT2D eigenvalue weighted by Crippen LogP contribution is -2.41. The van der Waals surface area contributed by atoms with Crippen LogP contribution in [-0.4, -0.2) is 30.6 Å². The molecular formula is C15H17N3O6S. The average molecular weight is 367 g/mol. The molecule has 1 aromatic heterocycles. The van der Waals surface area contributed by atoms with Crippen molar-refractivity contribution in [1.29, 1.82) is 0 Å². The first-order valence-electron chi connectivity index (χ1n) is 7.11. The highest BCUT2D eigenvalue weighted by Crippen LogP contribution is 2.11. The number of rotatable bonds is 5. The van der Waals surface area contributed by atoms with E-state index < -0.39 is 32.1 Å². The van der Waals surface area contributed by atoms with Gasteiger partial charge in [-0.3, -0.25) is 9.36 Å². The molecule has 134 valence electrons. The van der Waals surface area contributed by atoms with Crippen molar-refractivity contribution < 1.29 is 17.9 Å². The Morgan fingerprint density at radius 1 is 1.20 bits per heavy atom. The van der Waals surface area contributed by atoms with Crippen molar-refractivity contribution in [2.24, 2.45) is 14.1 Å². The number of aromatic nitrogens is 2. The Bertz CT molecular complexity index is 1040.